The molecule has 0 saturated heterocycles. The molecule has 0 radical (unpaired) electrons. The molecule has 0 saturated carbocycles. The number of hydrogen-bond acceptors (Lipinski definition) is 4. The maximum Gasteiger partial charge on any atom is 0.110 e. The van der Waals surface area contributed by atoms with Gasteiger partial charge in [0.15, 0.2) is 0 Å². The summed E-state index contributed by atoms with van der Waals surface area (Å²) in [4.78, 5) is 2.95. The molecule has 0 unspecified atom stereocenters. The topological polar surface area (TPSA) is 71.3 Å². The molecule has 1 aromatic rings. The molecule has 13 heavy (non-hydrogen) atoms. The first-order valence-electron chi connectivity index (χ1n) is 3.81. The molecule has 72 valence electrons. The number of nitrogen functional groups attached to an aromatic ring is 1. The number of anilines is 1. The van der Waals surface area contributed by atoms with E-state index in [0.717, 1.165) is 5.03 Å². The van der Waals surface area contributed by atoms with Crippen LogP contribution in [0.2, 0.25) is 0 Å². The summed E-state index contributed by atoms with van der Waals surface area (Å²) < 4.78 is 4.91. The zero-order valence-corrected chi connectivity index (χ0v) is 7.88. The van der Waals surface area contributed by atoms with Gasteiger partial charge in [-0.05, 0) is 12.1 Å². The van der Waals surface area contributed by atoms with E-state index in [-0.39, 0.29) is 6.61 Å². The van der Waals surface area contributed by atoms with Crippen LogP contribution in [0.5, 0.6) is 0 Å². The Bertz CT molecular complexity index is 273. The zero-order valence-electron chi connectivity index (χ0n) is 7.06. The van der Waals surface area contributed by atoms with E-state index in [1.165, 1.54) is 18.0 Å². The summed E-state index contributed by atoms with van der Waals surface area (Å²) in [5.74, 6) is 0.646. The Morgan fingerprint density at radius 2 is 2.46 bits per heavy atom. The average Bonchev–Trinajstić information content (AvgIpc) is 2.51. The van der Waals surface area contributed by atoms with Gasteiger partial charge in [-0.15, -0.1) is 0 Å². The van der Waals surface area contributed by atoms with E-state index in [9.17, 15) is 0 Å². The lowest BCUT2D eigenvalue weighted by Gasteiger charge is -1.94. The zero-order chi connectivity index (χ0) is 9.52. The lowest BCUT2D eigenvalue weighted by atomic mass is 10.6. The Kier molecular flexibility index (Phi) is 4.28. The van der Waals surface area contributed by atoms with Gasteiger partial charge in [-0.1, -0.05) is 11.8 Å². The SMILES string of the molecule is Nc1ccc(SC=COCCO)[nH]1. The summed E-state index contributed by atoms with van der Waals surface area (Å²) >= 11 is 1.47. The van der Waals surface area contributed by atoms with E-state index in [0.29, 0.717) is 12.4 Å². The lowest BCUT2D eigenvalue weighted by Crippen LogP contribution is -1.91. The molecule has 0 atom stereocenters. The van der Waals surface area contributed by atoms with Gasteiger partial charge >= 0.3 is 0 Å². The van der Waals surface area contributed by atoms with Crippen molar-refractivity contribution in [1.82, 2.24) is 4.98 Å². The number of aromatic amines is 1. The second-order valence-corrected chi connectivity index (χ2v) is 3.21. The number of aliphatic hydroxyl groups is 1. The number of H-pyrrole nitrogens is 1. The summed E-state index contributed by atoms with van der Waals surface area (Å²) in [6.45, 7) is 0.356. The molecule has 5 heteroatoms. The van der Waals surface area contributed by atoms with Crippen LogP contribution in [0.3, 0.4) is 0 Å². The number of nitrogens with one attached hydrogen (secondary N) is 1. The van der Waals surface area contributed by atoms with Crippen molar-refractivity contribution in [2.45, 2.75) is 5.03 Å². The van der Waals surface area contributed by atoms with Gasteiger partial charge in [0.1, 0.15) is 12.4 Å². The van der Waals surface area contributed by atoms with Crippen molar-refractivity contribution >= 4 is 17.6 Å². The molecule has 1 aromatic heterocycles. The maximum atomic E-state index is 8.40. The van der Waals surface area contributed by atoms with Crippen LogP contribution in [0, 0.1) is 0 Å². The normalized spacial score (nSPS) is 10.8. The van der Waals surface area contributed by atoms with Crippen LogP contribution >= 0.6 is 11.8 Å². The van der Waals surface area contributed by atoms with Crippen LogP contribution < -0.4 is 5.73 Å². The van der Waals surface area contributed by atoms with Crippen LogP contribution in [0.1, 0.15) is 0 Å². The first kappa shape index (κ1) is 10.0. The monoisotopic (exact) mass is 200 g/mol. The fourth-order valence-corrected chi connectivity index (χ4v) is 1.33. The predicted octanol–water partition coefficient (Wildman–Crippen LogP) is 1.17. The smallest absolute Gasteiger partial charge is 0.110 e. The highest BCUT2D eigenvalue weighted by Crippen LogP contribution is 2.18. The third-order valence-corrected chi connectivity index (χ3v) is 1.98. The molecule has 0 aliphatic rings. The fraction of sp³-hybridized carbons (Fsp3) is 0.250. The van der Waals surface area contributed by atoms with Crippen molar-refractivity contribution in [2.75, 3.05) is 18.9 Å². The molecule has 0 aliphatic carbocycles. The summed E-state index contributed by atoms with van der Waals surface area (Å²) in [7, 11) is 0. The molecule has 4 nitrogen and oxygen atoms in total. The van der Waals surface area contributed by atoms with E-state index in [4.69, 9.17) is 15.6 Å². The summed E-state index contributed by atoms with van der Waals surface area (Å²) in [5, 5.41) is 11.1. The van der Waals surface area contributed by atoms with Crippen LogP contribution in [0.25, 0.3) is 0 Å². The minimum atomic E-state index is 0.0322. The van der Waals surface area contributed by atoms with Crippen LogP contribution in [0.4, 0.5) is 5.82 Å². The quantitative estimate of drug-likeness (QED) is 0.379. The van der Waals surface area contributed by atoms with Gasteiger partial charge in [-0.3, -0.25) is 0 Å². The lowest BCUT2D eigenvalue weighted by molar-refractivity contribution is 0.166. The van der Waals surface area contributed by atoms with E-state index < -0.39 is 0 Å². The highest BCUT2D eigenvalue weighted by molar-refractivity contribution is 8.02. The van der Waals surface area contributed by atoms with Crippen molar-refractivity contribution in [1.29, 1.82) is 0 Å². The molecule has 1 rings (SSSR count). The summed E-state index contributed by atoms with van der Waals surface area (Å²) in [6, 6.07) is 3.68. The van der Waals surface area contributed by atoms with Crippen molar-refractivity contribution in [3.63, 3.8) is 0 Å². The molecule has 0 amide bonds. The van der Waals surface area contributed by atoms with Crippen LogP contribution in [-0.4, -0.2) is 23.3 Å². The number of rotatable bonds is 5. The molecule has 4 N–H and O–H groups in total. The Morgan fingerprint density at radius 1 is 1.62 bits per heavy atom. The Morgan fingerprint density at radius 3 is 3.08 bits per heavy atom. The first-order valence-corrected chi connectivity index (χ1v) is 4.69. The predicted molar refractivity (Wildman–Crippen MR) is 53.2 cm³/mol. The maximum absolute atomic E-state index is 8.40. The number of ether oxygens (including phenoxy) is 1. The molecule has 0 fully saturated rings. The molecule has 1 heterocycles. The molecular formula is C8H12N2O2S. The second-order valence-electron chi connectivity index (χ2n) is 2.26. The Balaban J connectivity index is 2.22. The average molecular weight is 200 g/mol. The third-order valence-electron chi connectivity index (χ3n) is 1.24. The minimum absolute atomic E-state index is 0.0322. The molecule has 0 aliphatic heterocycles. The van der Waals surface area contributed by atoms with Crippen molar-refractivity contribution < 1.29 is 9.84 Å². The molecule has 0 aromatic carbocycles. The van der Waals surface area contributed by atoms with E-state index >= 15 is 0 Å². The van der Waals surface area contributed by atoms with E-state index in [2.05, 4.69) is 4.98 Å². The van der Waals surface area contributed by atoms with Gasteiger partial charge in [0.2, 0.25) is 0 Å². The van der Waals surface area contributed by atoms with Crippen LogP contribution in [0.15, 0.2) is 28.8 Å². The second kappa shape index (κ2) is 5.55. The largest absolute Gasteiger partial charge is 0.498 e. The van der Waals surface area contributed by atoms with Gasteiger partial charge in [0.05, 0.1) is 17.9 Å². The van der Waals surface area contributed by atoms with Gasteiger partial charge in [0, 0.05) is 5.41 Å². The van der Waals surface area contributed by atoms with Gasteiger partial charge in [-0.25, -0.2) is 0 Å². The van der Waals surface area contributed by atoms with Crippen molar-refractivity contribution in [2.24, 2.45) is 0 Å². The number of thioether (sulfide) groups is 1. The van der Waals surface area contributed by atoms with Crippen molar-refractivity contribution in [3.8, 4) is 0 Å². The third kappa shape index (κ3) is 3.91. The standard InChI is InChI=1S/C8H12N2O2S/c9-7-1-2-8(10-7)13-6-5-12-4-3-11/h1-2,5-6,10-11H,3-4,9H2. The Labute approximate surface area is 80.8 Å². The number of aliphatic hydroxyl groups excluding tert-OH is 1. The summed E-state index contributed by atoms with van der Waals surface area (Å²) in [5.41, 5.74) is 5.47. The number of aromatic nitrogens is 1. The van der Waals surface area contributed by atoms with Gasteiger partial charge in [-0.2, -0.15) is 0 Å². The minimum Gasteiger partial charge on any atom is -0.498 e. The van der Waals surface area contributed by atoms with Gasteiger partial charge < -0.3 is 20.6 Å². The highest BCUT2D eigenvalue weighted by Gasteiger charge is 1.91. The highest BCUT2D eigenvalue weighted by atomic mass is 32.2. The van der Waals surface area contributed by atoms with Crippen LogP contribution in [-0.2, 0) is 4.74 Å². The van der Waals surface area contributed by atoms with E-state index in [1.54, 1.807) is 11.5 Å². The Hall–Kier alpha value is -1.07. The molecule has 0 spiro atoms. The van der Waals surface area contributed by atoms with E-state index in [1.807, 2.05) is 6.07 Å². The fourth-order valence-electron chi connectivity index (χ4n) is 0.721. The number of nitrogens with two attached hydrogens (primary N) is 1. The van der Waals surface area contributed by atoms with Crippen molar-refractivity contribution in [3.05, 3.63) is 23.8 Å². The molecule has 0 bridgehead atoms. The number of hydrogen-bond donors (Lipinski definition) is 3. The first-order chi connectivity index (χ1) is 6.33. The summed E-state index contributed by atoms with van der Waals surface area (Å²) in [6.07, 6.45) is 1.54. The molecular weight excluding hydrogens is 188 g/mol. The van der Waals surface area contributed by atoms with Gasteiger partial charge in [0.25, 0.3) is 0 Å².